The molecule has 1 aromatic heterocycles. The lowest BCUT2D eigenvalue weighted by Crippen LogP contribution is -2.32. The van der Waals surface area contributed by atoms with Gasteiger partial charge < -0.3 is 16.4 Å². The van der Waals surface area contributed by atoms with Crippen molar-refractivity contribution in [1.29, 1.82) is 0 Å². The van der Waals surface area contributed by atoms with Crippen molar-refractivity contribution in [2.45, 2.75) is 0 Å². The fourth-order valence-corrected chi connectivity index (χ4v) is 2.87. The van der Waals surface area contributed by atoms with Gasteiger partial charge in [-0.1, -0.05) is 30.3 Å². The molecule has 0 atom stereocenters. The molecule has 0 saturated carbocycles. The summed E-state index contributed by atoms with van der Waals surface area (Å²) in [5.41, 5.74) is 8.38. The second-order valence-electron chi connectivity index (χ2n) is 5.26. The SMILES string of the molecule is Nc1ccc(C(=O)NCC(=O)Nc2nc(-c3ccccc3)cs2)cc1. The third-order valence-corrected chi connectivity index (χ3v) is 4.16. The van der Waals surface area contributed by atoms with E-state index in [0.29, 0.717) is 16.4 Å². The zero-order chi connectivity index (χ0) is 17.6. The van der Waals surface area contributed by atoms with Crippen LogP contribution in [0.25, 0.3) is 11.3 Å². The van der Waals surface area contributed by atoms with E-state index in [1.807, 2.05) is 35.7 Å². The Kier molecular flexibility index (Phi) is 5.06. The quantitative estimate of drug-likeness (QED) is 0.615. The molecule has 0 spiro atoms. The minimum Gasteiger partial charge on any atom is -0.399 e. The second kappa shape index (κ2) is 7.59. The van der Waals surface area contributed by atoms with Crippen molar-refractivity contribution in [3.63, 3.8) is 0 Å². The van der Waals surface area contributed by atoms with Gasteiger partial charge in [0, 0.05) is 22.2 Å². The zero-order valence-electron chi connectivity index (χ0n) is 13.2. The van der Waals surface area contributed by atoms with Gasteiger partial charge in [0.05, 0.1) is 12.2 Å². The van der Waals surface area contributed by atoms with Crippen molar-refractivity contribution in [2.75, 3.05) is 17.6 Å². The van der Waals surface area contributed by atoms with Crippen molar-refractivity contribution in [3.8, 4) is 11.3 Å². The van der Waals surface area contributed by atoms with E-state index in [1.165, 1.54) is 11.3 Å². The van der Waals surface area contributed by atoms with Crippen LogP contribution in [0.1, 0.15) is 10.4 Å². The van der Waals surface area contributed by atoms with Crippen LogP contribution in [0.3, 0.4) is 0 Å². The largest absolute Gasteiger partial charge is 0.399 e. The molecule has 0 fully saturated rings. The summed E-state index contributed by atoms with van der Waals surface area (Å²) in [7, 11) is 0. The lowest BCUT2D eigenvalue weighted by Gasteiger charge is -2.05. The van der Waals surface area contributed by atoms with E-state index in [2.05, 4.69) is 15.6 Å². The number of thiazole rings is 1. The first-order chi connectivity index (χ1) is 12.1. The van der Waals surface area contributed by atoms with Gasteiger partial charge in [0.2, 0.25) is 5.91 Å². The summed E-state index contributed by atoms with van der Waals surface area (Å²) in [5.74, 6) is -0.669. The molecule has 3 rings (SSSR count). The van der Waals surface area contributed by atoms with E-state index in [9.17, 15) is 9.59 Å². The van der Waals surface area contributed by atoms with Crippen LogP contribution >= 0.6 is 11.3 Å². The number of benzene rings is 2. The number of aromatic nitrogens is 1. The maximum atomic E-state index is 12.0. The highest BCUT2D eigenvalue weighted by Gasteiger charge is 2.10. The molecule has 1 heterocycles. The molecule has 126 valence electrons. The molecule has 7 heteroatoms. The first kappa shape index (κ1) is 16.7. The van der Waals surface area contributed by atoms with Gasteiger partial charge in [-0.3, -0.25) is 9.59 Å². The first-order valence-corrected chi connectivity index (χ1v) is 8.44. The van der Waals surface area contributed by atoms with Gasteiger partial charge in [-0.25, -0.2) is 4.98 Å². The Morgan fingerprint density at radius 2 is 1.76 bits per heavy atom. The third-order valence-electron chi connectivity index (χ3n) is 3.40. The number of amides is 2. The first-order valence-electron chi connectivity index (χ1n) is 7.56. The molecule has 0 radical (unpaired) electrons. The molecule has 3 aromatic rings. The van der Waals surface area contributed by atoms with Crippen LogP contribution in [0.4, 0.5) is 10.8 Å². The van der Waals surface area contributed by atoms with Gasteiger partial charge >= 0.3 is 0 Å². The predicted molar refractivity (Wildman–Crippen MR) is 99.4 cm³/mol. The molecule has 25 heavy (non-hydrogen) atoms. The van der Waals surface area contributed by atoms with Gasteiger partial charge in [0.15, 0.2) is 5.13 Å². The summed E-state index contributed by atoms with van der Waals surface area (Å²) < 4.78 is 0. The van der Waals surface area contributed by atoms with E-state index >= 15 is 0 Å². The Labute approximate surface area is 148 Å². The van der Waals surface area contributed by atoms with E-state index in [-0.39, 0.29) is 18.4 Å². The number of carbonyl (C=O) groups is 2. The van der Waals surface area contributed by atoms with Gasteiger partial charge in [-0.15, -0.1) is 11.3 Å². The predicted octanol–water partition coefficient (Wildman–Crippen LogP) is 2.76. The van der Waals surface area contributed by atoms with E-state index < -0.39 is 0 Å². The smallest absolute Gasteiger partial charge is 0.251 e. The Morgan fingerprint density at radius 3 is 2.48 bits per heavy atom. The highest BCUT2D eigenvalue weighted by Crippen LogP contribution is 2.24. The molecule has 4 N–H and O–H groups in total. The van der Waals surface area contributed by atoms with Crippen LogP contribution in [-0.2, 0) is 4.79 Å². The van der Waals surface area contributed by atoms with Crippen LogP contribution < -0.4 is 16.4 Å². The Balaban J connectivity index is 1.54. The zero-order valence-corrected chi connectivity index (χ0v) is 14.0. The standard InChI is InChI=1S/C18H16N4O2S/c19-14-8-6-13(7-9-14)17(24)20-10-16(23)22-18-21-15(11-25-18)12-4-2-1-3-5-12/h1-9,11H,10,19H2,(H,20,24)(H,21,22,23). The molecule has 0 unspecified atom stereocenters. The molecule has 0 aliphatic carbocycles. The van der Waals surface area contributed by atoms with Crippen molar-refractivity contribution < 1.29 is 9.59 Å². The molecule has 2 aromatic carbocycles. The van der Waals surface area contributed by atoms with Crippen LogP contribution in [0.15, 0.2) is 60.0 Å². The Morgan fingerprint density at radius 1 is 1.04 bits per heavy atom. The molecule has 0 aliphatic heterocycles. The summed E-state index contributed by atoms with van der Waals surface area (Å²) in [6.07, 6.45) is 0. The number of rotatable bonds is 5. The van der Waals surface area contributed by atoms with Crippen LogP contribution in [0, 0.1) is 0 Å². The molecule has 0 saturated heterocycles. The van der Waals surface area contributed by atoms with Crippen molar-refractivity contribution in [3.05, 3.63) is 65.5 Å². The molecule has 0 aliphatic rings. The van der Waals surface area contributed by atoms with Gasteiger partial charge in [-0.05, 0) is 24.3 Å². The summed E-state index contributed by atoms with van der Waals surface area (Å²) in [6, 6.07) is 16.2. The van der Waals surface area contributed by atoms with E-state index in [0.717, 1.165) is 11.3 Å². The van der Waals surface area contributed by atoms with Crippen LogP contribution in [0.5, 0.6) is 0 Å². The molecule has 6 nitrogen and oxygen atoms in total. The minimum absolute atomic E-state index is 0.135. The maximum absolute atomic E-state index is 12.0. The minimum atomic E-state index is -0.335. The van der Waals surface area contributed by atoms with Gasteiger partial charge in [0.25, 0.3) is 5.91 Å². The van der Waals surface area contributed by atoms with Gasteiger partial charge in [0.1, 0.15) is 0 Å². The molecular formula is C18H16N4O2S. The van der Waals surface area contributed by atoms with Crippen molar-refractivity contribution in [2.24, 2.45) is 0 Å². The fourth-order valence-electron chi connectivity index (χ4n) is 2.13. The molecular weight excluding hydrogens is 336 g/mol. The topological polar surface area (TPSA) is 97.1 Å². The Bertz CT molecular complexity index is 876. The number of nitrogen functional groups attached to an aromatic ring is 1. The molecule has 0 bridgehead atoms. The average Bonchev–Trinajstić information content (AvgIpc) is 3.09. The number of nitrogens with zero attached hydrogens (tertiary/aromatic N) is 1. The highest BCUT2D eigenvalue weighted by atomic mass is 32.1. The summed E-state index contributed by atoms with van der Waals surface area (Å²) >= 11 is 1.34. The number of nitrogens with two attached hydrogens (primary N) is 1. The van der Waals surface area contributed by atoms with Gasteiger partial charge in [-0.2, -0.15) is 0 Å². The normalized spacial score (nSPS) is 10.2. The number of carbonyl (C=O) groups excluding carboxylic acids is 2. The number of anilines is 2. The van der Waals surface area contributed by atoms with Crippen molar-refractivity contribution >= 4 is 34.0 Å². The number of hydrogen-bond donors (Lipinski definition) is 3. The lowest BCUT2D eigenvalue weighted by atomic mass is 10.2. The summed E-state index contributed by atoms with van der Waals surface area (Å²) in [6.45, 7) is -0.135. The highest BCUT2D eigenvalue weighted by molar-refractivity contribution is 7.14. The third kappa shape index (κ3) is 4.42. The average molecular weight is 352 g/mol. The molecule has 2 amide bonds. The monoisotopic (exact) mass is 352 g/mol. The fraction of sp³-hybridized carbons (Fsp3) is 0.0556. The van der Waals surface area contributed by atoms with E-state index in [4.69, 9.17) is 5.73 Å². The second-order valence-corrected chi connectivity index (χ2v) is 6.11. The van der Waals surface area contributed by atoms with Crippen LogP contribution in [0.2, 0.25) is 0 Å². The number of hydrogen-bond acceptors (Lipinski definition) is 5. The lowest BCUT2D eigenvalue weighted by molar-refractivity contribution is -0.115. The Hall–Kier alpha value is -3.19. The maximum Gasteiger partial charge on any atom is 0.251 e. The summed E-state index contributed by atoms with van der Waals surface area (Å²) in [5, 5.41) is 7.61. The summed E-state index contributed by atoms with van der Waals surface area (Å²) in [4.78, 5) is 28.3. The van der Waals surface area contributed by atoms with Crippen LogP contribution in [-0.4, -0.2) is 23.3 Å². The number of nitrogens with one attached hydrogen (secondary N) is 2. The van der Waals surface area contributed by atoms with Crippen molar-refractivity contribution in [1.82, 2.24) is 10.3 Å². The van der Waals surface area contributed by atoms with E-state index in [1.54, 1.807) is 24.3 Å².